The fraction of sp³-hybridized carbons (Fsp3) is 0.647. The van der Waals surface area contributed by atoms with E-state index in [9.17, 15) is 4.79 Å². The number of carboxylic acids is 1. The van der Waals surface area contributed by atoms with Crippen molar-refractivity contribution in [3.63, 3.8) is 0 Å². The van der Waals surface area contributed by atoms with Crippen molar-refractivity contribution in [2.75, 3.05) is 49.5 Å². The van der Waals surface area contributed by atoms with Gasteiger partial charge in [0, 0.05) is 45.3 Å². The minimum Gasteiger partial charge on any atom is -0.481 e. The maximum absolute atomic E-state index is 9.60. The average Bonchev–Trinajstić information content (AvgIpc) is 2.56. The second-order valence-electron chi connectivity index (χ2n) is 5.47. The van der Waals surface area contributed by atoms with Gasteiger partial charge in [-0.15, -0.1) is 0 Å². The Morgan fingerprint density at radius 3 is 2.43 bits per heavy atom. The maximum atomic E-state index is 9.60. The second-order valence-corrected chi connectivity index (χ2v) is 5.47. The Bertz CT molecular complexity index is 460. The van der Waals surface area contributed by atoms with Crippen molar-refractivity contribution >= 4 is 17.5 Å². The van der Waals surface area contributed by atoms with Crippen LogP contribution < -0.4 is 10.2 Å². The molecule has 0 amide bonds. The Labute approximate surface area is 139 Å². The molecule has 0 atom stereocenters. The monoisotopic (exact) mass is 322 g/mol. The number of carbonyl (C=O) groups is 1. The zero-order valence-electron chi connectivity index (χ0n) is 14.6. The van der Waals surface area contributed by atoms with E-state index in [-0.39, 0.29) is 0 Å². The molecule has 1 aliphatic heterocycles. The van der Waals surface area contributed by atoms with Crippen molar-refractivity contribution in [3.8, 4) is 0 Å². The Hall–Kier alpha value is -1.82. The van der Waals surface area contributed by atoms with Gasteiger partial charge in [-0.3, -0.25) is 4.79 Å². The predicted octanol–water partition coefficient (Wildman–Crippen LogP) is 2.53. The summed E-state index contributed by atoms with van der Waals surface area (Å²) < 4.78 is 0. The Kier molecular flexibility index (Phi) is 9.05. The molecule has 1 saturated heterocycles. The van der Waals surface area contributed by atoms with Crippen molar-refractivity contribution < 1.29 is 9.90 Å². The van der Waals surface area contributed by atoms with Crippen molar-refractivity contribution in [3.05, 3.63) is 18.3 Å². The molecule has 0 radical (unpaired) electrons. The van der Waals surface area contributed by atoms with E-state index in [4.69, 9.17) is 5.11 Å². The molecule has 2 rings (SSSR count). The Balaban J connectivity index is 0.000000379. The highest BCUT2D eigenvalue weighted by molar-refractivity contribution is 5.66. The number of likely N-dealkylation sites (N-methyl/N-ethyl adjacent to an activating group) is 1. The summed E-state index contributed by atoms with van der Waals surface area (Å²) in [5.41, 5.74) is 1.15. The molecule has 2 N–H and O–H groups in total. The van der Waals surface area contributed by atoms with Gasteiger partial charge in [-0.2, -0.15) is 0 Å². The molecule has 0 unspecified atom stereocenters. The predicted molar refractivity (Wildman–Crippen MR) is 95.3 cm³/mol. The second kappa shape index (κ2) is 10.8. The summed E-state index contributed by atoms with van der Waals surface area (Å²) in [6, 6.07) is 4.10. The molecule has 1 aliphatic rings. The van der Waals surface area contributed by atoms with Gasteiger partial charge in [-0.1, -0.05) is 13.8 Å². The van der Waals surface area contributed by atoms with Crippen LogP contribution in [0.3, 0.4) is 0 Å². The molecule has 1 aromatic heterocycles. The first-order chi connectivity index (χ1) is 11.1. The molecule has 1 aromatic rings. The van der Waals surface area contributed by atoms with Crippen LogP contribution in [0.2, 0.25) is 0 Å². The van der Waals surface area contributed by atoms with E-state index in [2.05, 4.69) is 40.0 Å². The summed E-state index contributed by atoms with van der Waals surface area (Å²) in [4.78, 5) is 19.0. The normalized spacial score (nSPS) is 14.8. The fourth-order valence-electron chi connectivity index (χ4n) is 2.47. The van der Waals surface area contributed by atoms with Crippen LogP contribution in [0, 0.1) is 0 Å². The summed E-state index contributed by atoms with van der Waals surface area (Å²) in [6.45, 7) is 12.7. The largest absolute Gasteiger partial charge is 0.481 e. The third kappa shape index (κ3) is 6.86. The summed E-state index contributed by atoms with van der Waals surface area (Å²) in [5.74, 6) is 0.391. The van der Waals surface area contributed by atoms with Crippen LogP contribution in [-0.4, -0.2) is 60.2 Å². The van der Waals surface area contributed by atoms with Crippen molar-refractivity contribution in [2.45, 2.75) is 33.6 Å². The molecule has 0 bridgehead atoms. The third-order valence-electron chi connectivity index (χ3n) is 3.74. The highest BCUT2D eigenvalue weighted by atomic mass is 16.4. The number of hydrogen-bond donors (Lipinski definition) is 2. The van der Waals surface area contributed by atoms with Crippen LogP contribution >= 0.6 is 0 Å². The number of piperazine rings is 1. The molecule has 6 nitrogen and oxygen atoms in total. The van der Waals surface area contributed by atoms with Gasteiger partial charge < -0.3 is 20.2 Å². The van der Waals surface area contributed by atoms with Gasteiger partial charge in [0.1, 0.15) is 0 Å². The zero-order chi connectivity index (χ0) is 17.1. The molecule has 0 spiro atoms. The van der Waals surface area contributed by atoms with Crippen LogP contribution in [-0.2, 0) is 4.79 Å². The maximum Gasteiger partial charge on any atom is 0.303 e. The molecular formula is C17H30N4O2. The summed E-state index contributed by atoms with van der Waals surface area (Å²) >= 11 is 0. The number of aromatic nitrogens is 1. The number of hydrogen-bond acceptors (Lipinski definition) is 5. The van der Waals surface area contributed by atoms with Gasteiger partial charge >= 0.3 is 5.97 Å². The molecule has 2 heterocycles. The standard InChI is InChI=1S/C13H22N4.C4H8O2/c1-3-14-12-6-5-7-15-13(12)17-10-8-16(4-2)9-11-17;1-2-3-4(5)6/h5-7,14H,3-4,8-11H2,1-2H3;2-3H2,1H3,(H,5,6). The van der Waals surface area contributed by atoms with Gasteiger partial charge in [0.25, 0.3) is 0 Å². The van der Waals surface area contributed by atoms with E-state index >= 15 is 0 Å². The van der Waals surface area contributed by atoms with Gasteiger partial charge in [-0.05, 0) is 32.0 Å². The lowest BCUT2D eigenvalue weighted by atomic mass is 10.3. The van der Waals surface area contributed by atoms with Crippen molar-refractivity contribution in [1.29, 1.82) is 0 Å². The number of rotatable bonds is 6. The number of nitrogens with zero attached hydrogens (tertiary/aromatic N) is 3. The zero-order valence-corrected chi connectivity index (χ0v) is 14.6. The molecule has 0 aliphatic carbocycles. The first-order valence-electron chi connectivity index (χ1n) is 8.50. The molecular weight excluding hydrogens is 292 g/mol. The molecule has 6 heteroatoms. The average molecular weight is 322 g/mol. The number of aliphatic carboxylic acids is 1. The van der Waals surface area contributed by atoms with Gasteiger partial charge in [0.2, 0.25) is 0 Å². The SMILES string of the molecule is CCCC(=O)O.CCNc1cccnc1N1CCN(CC)CC1. The highest BCUT2D eigenvalue weighted by Crippen LogP contribution is 2.23. The summed E-state index contributed by atoms with van der Waals surface area (Å²) in [6.07, 6.45) is 2.90. The minimum atomic E-state index is -0.711. The van der Waals surface area contributed by atoms with E-state index in [1.165, 1.54) is 0 Å². The van der Waals surface area contributed by atoms with E-state index in [0.717, 1.165) is 57.2 Å². The first-order valence-corrected chi connectivity index (χ1v) is 8.50. The number of carboxylic acid groups (broad SMARTS) is 1. The molecule has 0 saturated carbocycles. The van der Waals surface area contributed by atoms with Crippen LogP contribution in [0.15, 0.2) is 18.3 Å². The van der Waals surface area contributed by atoms with E-state index < -0.39 is 5.97 Å². The third-order valence-corrected chi connectivity index (χ3v) is 3.74. The van der Waals surface area contributed by atoms with E-state index in [1.54, 1.807) is 0 Å². The quantitative estimate of drug-likeness (QED) is 0.839. The van der Waals surface area contributed by atoms with Crippen LogP contribution in [0.25, 0.3) is 0 Å². The Morgan fingerprint density at radius 2 is 1.96 bits per heavy atom. The van der Waals surface area contributed by atoms with Crippen LogP contribution in [0.5, 0.6) is 0 Å². The molecule has 130 valence electrons. The topological polar surface area (TPSA) is 68.7 Å². The van der Waals surface area contributed by atoms with Crippen molar-refractivity contribution in [1.82, 2.24) is 9.88 Å². The van der Waals surface area contributed by atoms with Crippen LogP contribution in [0.1, 0.15) is 33.6 Å². The minimum absolute atomic E-state index is 0.292. The molecule has 0 aromatic carbocycles. The molecule has 1 fully saturated rings. The van der Waals surface area contributed by atoms with Gasteiger partial charge in [-0.25, -0.2) is 4.98 Å². The first kappa shape index (κ1) is 19.2. The fourth-order valence-corrected chi connectivity index (χ4v) is 2.47. The smallest absolute Gasteiger partial charge is 0.303 e. The number of pyridine rings is 1. The summed E-state index contributed by atoms with van der Waals surface area (Å²) in [5, 5.41) is 11.3. The van der Waals surface area contributed by atoms with E-state index in [1.807, 2.05) is 19.2 Å². The van der Waals surface area contributed by atoms with E-state index in [0.29, 0.717) is 6.42 Å². The lowest BCUT2D eigenvalue weighted by Gasteiger charge is -2.35. The number of nitrogens with one attached hydrogen (secondary N) is 1. The van der Waals surface area contributed by atoms with Crippen LogP contribution in [0.4, 0.5) is 11.5 Å². The lowest BCUT2D eigenvalue weighted by Crippen LogP contribution is -2.46. The summed E-state index contributed by atoms with van der Waals surface area (Å²) in [7, 11) is 0. The van der Waals surface area contributed by atoms with Gasteiger partial charge in [0.15, 0.2) is 5.82 Å². The number of anilines is 2. The van der Waals surface area contributed by atoms with Crippen molar-refractivity contribution in [2.24, 2.45) is 0 Å². The van der Waals surface area contributed by atoms with Gasteiger partial charge in [0.05, 0.1) is 5.69 Å². The lowest BCUT2D eigenvalue weighted by molar-refractivity contribution is -0.137. The Morgan fingerprint density at radius 1 is 1.26 bits per heavy atom. The highest BCUT2D eigenvalue weighted by Gasteiger charge is 2.18. The molecule has 23 heavy (non-hydrogen) atoms.